The van der Waals surface area contributed by atoms with Crippen molar-refractivity contribution in [3.63, 3.8) is 0 Å². The largest absolute Gasteiger partial charge is 0.497 e. The summed E-state index contributed by atoms with van der Waals surface area (Å²) in [5.41, 5.74) is 4.73. The SMILES string of the molecule is COc1cccc(C=NNC(=O)C2CC2c2ccccc2)c1. The van der Waals surface area contributed by atoms with E-state index in [0.717, 1.165) is 17.7 Å². The van der Waals surface area contributed by atoms with Gasteiger partial charge >= 0.3 is 0 Å². The van der Waals surface area contributed by atoms with Crippen molar-refractivity contribution in [3.05, 3.63) is 65.7 Å². The molecule has 0 bridgehead atoms. The Morgan fingerprint density at radius 3 is 2.82 bits per heavy atom. The van der Waals surface area contributed by atoms with Crippen molar-refractivity contribution < 1.29 is 9.53 Å². The summed E-state index contributed by atoms with van der Waals surface area (Å²) in [6.45, 7) is 0. The molecular weight excluding hydrogens is 276 g/mol. The standard InChI is InChI=1S/C18H18N2O2/c1-22-15-9-5-6-13(10-15)12-19-20-18(21)17-11-16(17)14-7-3-2-4-8-14/h2-10,12,16-17H,11H2,1H3,(H,20,21). The number of nitrogens with zero attached hydrogens (tertiary/aromatic N) is 1. The van der Waals surface area contributed by atoms with Gasteiger partial charge in [-0.1, -0.05) is 42.5 Å². The van der Waals surface area contributed by atoms with E-state index in [4.69, 9.17) is 4.74 Å². The molecule has 0 aliphatic heterocycles. The minimum atomic E-state index is -0.0204. The van der Waals surface area contributed by atoms with Gasteiger partial charge in [-0.15, -0.1) is 0 Å². The lowest BCUT2D eigenvalue weighted by Crippen LogP contribution is -2.20. The van der Waals surface area contributed by atoms with Gasteiger partial charge in [0.05, 0.1) is 13.3 Å². The zero-order valence-corrected chi connectivity index (χ0v) is 12.4. The van der Waals surface area contributed by atoms with Crippen molar-refractivity contribution in [2.75, 3.05) is 7.11 Å². The van der Waals surface area contributed by atoms with E-state index in [1.54, 1.807) is 13.3 Å². The fourth-order valence-electron chi connectivity index (χ4n) is 2.53. The minimum Gasteiger partial charge on any atom is -0.497 e. The van der Waals surface area contributed by atoms with E-state index in [2.05, 4.69) is 22.7 Å². The van der Waals surface area contributed by atoms with E-state index in [-0.39, 0.29) is 11.8 Å². The Morgan fingerprint density at radius 2 is 2.05 bits per heavy atom. The summed E-state index contributed by atoms with van der Waals surface area (Å²) < 4.78 is 5.14. The lowest BCUT2D eigenvalue weighted by atomic mass is 10.1. The molecule has 3 rings (SSSR count). The van der Waals surface area contributed by atoms with Crippen LogP contribution in [0.3, 0.4) is 0 Å². The predicted molar refractivity (Wildman–Crippen MR) is 86.0 cm³/mol. The van der Waals surface area contributed by atoms with Gasteiger partial charge in [-0.25, -0.2) is 5.43 Å². The van der Waals surface area contributed by atoms with Crippen LogP contribution >= 0.6 is 0 Å². The number of nitrogens with one attached hydrogen (secondary N) is 1. The molecule has 2 aromatic carbocycles. The monoisotopic (exact) mass is 294 g/mol. The summed E-state index contributed by atoms with van der Waals surface area (Å²) in [6, 6.07) is 17.6. The van der Waals surface area contributed by atoms with Crippen molar-refractivity contribution in [2.45, 2.75) is 12.3 Å². The first kappa shape index (κ1) is 14.3. The molecule has 0 aromatic heterocycles. The molecule has 0 saturated heterocycles. The van der Waals surface area contributed by atoms with Crippen LogP contribution in [0.4, 0.5) is 0 Å². The van der Waals surface area contributed by atoms with Gasteiger partial charge in [-0.05, 0) is 35.6 Å². The van der Waals surface area contributed by atoms with E-state index in [0.29, 0.717) is 5.92 Å². The summed E-state index contributed by atoms with van der Waals surface area (Å²) in [6.07, 6.45) is 2.52. The first-order chi connectivity index (χ1) is 10.8. The van der Waals surface area contributed by atoms with Crippen molar-refractivity contribution in [2.24, 2.45) is 11.0 Å². The maximum atomic E-state index is 12.1. The maximum absolute atomic E-state index is 12.1. The number of methoxy groups -OCH3 is 1. The lowest BCUT2D eigenvalue weighted by molar-refractivity contribution is -0.122. The Kier molecular flexibility index (Phi) is 4.19. The molecule has 2 atom stereocenters. The number of hydrogen-bond acceptors (Lipinski definition) is 3. The van der Waals surface area contributed by atoms with E-state index < -0.39 is 0 Å². The van der Waals surface area contributed by atoms with Crippen LogP contribution < -0.4 is 10.2 Å². The Labute approximate surface area is 129 Å². The molecular formula is C18H18N2O2. The van der Waals surface area contributed by atoms with Gasteiger partial charge in [0.15, 0.2) is 0 Å². The van der Waals surface area contributed by atoms with Crippen LogP contribution in [0.15, 0.2) is 59.7 Å². The van der Waals surface area contributed by atoms with Gasteiger partial charge < -0.3 is 4.74 Å². The fourth-order valence-corrected chi connectivity index (χ4v) is 2.53. The Morgan fingerprint density at radius 1 is 1.23 bits per heavy atom. The molecule has 1 fully saturated rings. The smallest absolute Gasteiger partial charge is 0.243 e. The van der Waals surface area contributed by atoms with Gasteiger partial charge in [-0.3, -0.25) is 4.79 Å². The van der Waals surface area contributed by atoms with Crippen molar-refractivity contribution in [3.8, 4) is 5.75 Å². The molecule has 2 unspecified atom stereocenters. The number of hydrogen-bond donors (Lipinski definition) is 1. The highest BCUT2D eigenvalue weighted by Gasteiger charge is 2.43. The van der Waals surface area contributed by atoms with Crippen LogP contribution in [-0.2, 0) is 4.79 Å². The molecule has 0 spiro atoms. The second-order valence-corrected chi connectivity index (χ2v) is 5.37. The van der Waals surface area contributed by atoms with Gasteiger partial charge in [0, 0.05) is 5.92 Å². The number of ether oxygens (including phenoxy) is 1. The third-order valence-electron chi connectivity index (χ3n) is 3.84. The summed E-state index contributed by atoms with van der Waals surface area (Å²) in [4.78, 5) is 12.1. The molecule has 0 radical (unpaired) electrons. The summed E-state index contributed by atoms with van der Waals surface area (Å²) >= 11 is 0. The molecule has 0 heterocycles. The van der Waals surface area contributed by atoms with E-state index >= 15 is 0 Å². The van der Waals surface area contributed by atoms with Crippen LogP contribution in [0, 0.1) is 5.92 Å². The molecule has 1 aliphatic rings. The average Bonchev–Trinajstić information content (AvgIpc) is 3.36. The Hall–Kier alpha value is -2.62. The van der Waals surface area contributed by atoms with Crippen molar-refractivity contribution in [1.82, 2.24) is 5.43 Å². The number of hydrazone groups is 1. The van der Waals surface area contributed by atoms with Crippen LogP contribution in [-0.4, -0.2) is 19.2 Å². The summed E-state index contributed by atoms with van der Waals surface area (Å²) in [7, 11) is 1.62. The minimum absolute atomic E-state index is 0.0204. The molecule has 2 aromatic rings. The number of carbonyl (C=O) groups excluding carboxylic acids is 1. The summed E-state index contributed by atoms with van der Waals surface area (Å²) in [5, 5.41) is 4.03. The normalized spacial score (nSPS) is 19.9. The second kappa shape index (κ2) is 6.43. The van der Waals surface area contributed by atoms with Crippen LogP contribution in [0.5, 0.6) is 5.75 Å². The number of amides is 1. The molecule has 1 N–H and O–H groups in total. The Bertz CT molecular complexity index is 682. The predicted octanol–water partition coefficient (Wildman–Crippen LogP) is 2.95. The number of benzene rings is 2. The first-order valence-corrected chi connectivity index (χ1v) is 7.30. The molecule has 22 heavy (non-hydrogen) atoms. The number of rotatable bonds is 5. The van der Waals surface area contributed by atoms with Gasteiger partial charge in [0.2, 0.25) is 5.91 Å². The molecule has 1 amide bonds. The van der Waals surface area contributed by atoms with Gasteiger partial charge in [-0.2, -0.15) is 5.10 Å². The van der Waals surface area contributed by atoms with Gasteiger partial charge in [0.1, 0.15) is 5.75 Å². The highest BCUT2D eigenvalue weighted by molar-refractivity contribution is 5.85. The Balaban J connectivity index is 1.54. The van der Waals surface area contributed by atoms with Crippen LogP contribution in [0.2, 0.25) is 0 Å². The number of carbonyl (C=O) groups is 1. The topological polar surface area (TPSA) is 50.7 Å². The van der Waals surface area contributed by atoms with Crippen LogP contribution in [0.1, 0.15) is 23.5 Å². The highest BCUT2D eigenvalue weighted by atomic mass is 16.5. The third-order valence-corrected chi connectivity index (χ3v) is 3.84. The zero-order valence-electron chi connectivity index (χ0n) is 12.4. The van der Waals surface area contributed by atoms with Crippen molar-refractivity contribution >= 4 is 12.1 Å². The second-order valence-electron chi connectivity index (χ2n) is 5.37. The maximum Gasteiger partial charge on any atom is 0.243 e. The van der Waals surface area contributed by atoms with Crippen LogP contribution in [0.25, 0.3) is 0 Å². The van der Waals surface area contributed by atoms with Crippen molar-refractivity contribution in [1.29, 1.82) is 0 Å². The fraction of sp³-hybridized carbons (Fsp3) is 0.222. The average molecular weight is 294 g/mol. The lowest BCUT2D eigenvalue weighted by Gasteiger charge is -2.01. The molecule has 4 heteroatoms. The third kappa shape index (κ3) is 3.34. The zero-order chi connectivity index (χ0) is 15.4. The summed E-state index contributed by atoms with van der Waals surface area (Å²) in [5.74, 6) is 1.10. The van der Waals surface area contributed by atoms with E-state index in [1.165, 1.54) is 5.56 Å². The molecule has 1 saturated carbocycles. The molecule has 1 aliphatic carbocycles. The highest BCUT2D eigenvalue weighted by Crippen LogP contribution is 2.47. The van der Waals surface area contributed by atoms with E-state index in [1.807, 2.05) is 42.5 Å². The van der Waals surface area contributed by atoms with Gasteiger partial charge in [0.25, 0.3) is 0 Å². The quantitative estimate of drug-likeness (QED) is 0.681. The molecule has 112 valence electrons. The molecule has 4 nitrogen and oxygen atoms in total. The first-order valence-electron chi connectivity index (χ1n) is 7.30. The van der Waals surface area contributed by atoms with E-state index in [9.17, 15) is 4.79 Å².